The van der Waals surface area contributed by atoms with Crippen molar-refractivity contribution < 1.29 is 14.2 Å². The van der Waals surface area contributed by atoms with Gasteiger partial charge in [0.15, 0.2) is 0 Å². The number of aliphatic hydroxyl groups is 1. The van der Waals surface area contributed by atoms with Gasteiger partial charge in [0.25, 0.3) is 0 Å². The molecule has 4 nitrogen and oxygen atoms in total. The molecule has 2 N–H and O–H groups in total. The maximum Gasteiger partial charge on any atom is 0.125 e. The van der Waals surface area contributed by atoms with Gasteiger partial charge in [0.1, 0.15) is 11.4 Å². The fourth-order valence-electron chi connectivity index (χ4n) is 2.83. The second-order valence-electron chi connectivity index (χ2n) is 6.46. The van der Waals surface area contributed by atoms with Crippen LogP contribution in [-0.2, 0) is 4.74 Å². The largest absolute Gasteiger partial charge is 0.389 e. The minimum absolute atomic E-state index is 0.110. The first-order chi connectivity index (χ1) is 11.5. The van der Waals surface area contributed by atoms with Crippen molar-refractivity contribution in [1.29, 1.82) is 0 Å². The molecule has 0 spiro atoms. The van der Waals surface area contributed by atoms with E-state index in [0.717, 1.165) is 25.2 Å². The number of hydrogen-bond donors (Lipinski definition) is 2. The number of halogens is 1. The summed E-state index contributed by atoms with van der Waals surface area (Å²) in [7, 11) is 0. The Bertz CT molecular complexity index is 557. The summed E-state index contributed by atoms with van der Waals surface area (Å²) < 4.78 is 18.8. The van der Waals surface area contributed by atoms with Crippen LogP contribution in [0.25, 0.3) is 0 Å². The molecular formula is C19H27FN2O2. The Hall–Kier alpha value is -1.45. The molecular weight excluding hydrogens is 307 g/mol. The zero-order valence-electron chi connectivity index (χ0n) is 14.5. The van der Waals surface area contributed by atoms with E-state index in [9.17, 15) is 9.50 Å². The van der Waals surface area contributed by atoms with Crippen LogP contribution >= 0.6 is 0 Å². The summed E-state index contributed by atoms with van der Waals surface area (Å²) >= 11 is 0. The number of benzene rings is 1. The van der Waals surface area contributed by atoms with Gasteiger partial charge in [-0.2, -0.15) is 0 Å². The third-order valence-electron chi connectivity index (χ3n) is 4.63. The van der Waals surface area contributed by atoms with Crippen LogP contribution in [0.15, 0.2) is 24.3 Å². The van der Waals surface area contributed by atoms with Crippen molar-refractivity contribution >= 4 is 0 Å². The van der Waals surface area contributed by atoms with Gasteiger partial charge in [0.05, 0.1) is 12.7 Å². The van der Waals surface area contributed by atoms with E-state index in [1.807, 2.05) is 13.8 Å². The molecule has 1 aromatic rings. The van der Waals surface area contributed by atoms with E-state index in [0.29, 0.717) is 13.0 Å². The average molecular weight is 334 g/mol. The number of terminal acetylenes is 1. The van der Waals surface area contributed by atoms with Crippen LogP contribution in [0.5, 0.6) is 0 Å². The Morgan fingerprint density at radius 1 is 1.50 bits per heavy atom. The third-order valence-corrected chi connectivity index (χ3v) is 4.63. The molecule has 0 aliphatic carbocycles. The molecule has 2 rings (SSSR count). The number of β-amino-alcohol motifs (C(OH)–C–C–N with tert-alkyl or cyclic N) is 1. The van der Waals surface area contributed by atoms with E-state index in [4.69, 9.17) is 11.2 Å². The minimum atomic E-state index is -0.638. The lowest BCUT2D eigenvalue weighted by Gasteiger charge is -2.38. The molecule has 5 heteroatoms. The number of nitrogens with zero attached hydrogens (tertiary/aromatic N) is 1. The fraction of sp³-hybridized carbons (Fsp3) is 0.579. The van der Waals surface area contributed by atoms with Gasteiger partial charge >= 0.3 is 0 Å². The summed E-state index contributed by atoms with van der Waals surface area (Å²) in [4.78, 5) is 2.21. The van der Waals surface area contributed by atoms with E-state index in [-0.39, 0.29) is 18.5 Å². The second-order valence-corrected chi connectivity index (χ2v) is 6.46. The maximum absolute atomic E-state index is 13.1. The first-order valence-electron chi connectivity index (χ1n) is 8.47. The van der Waals surface area contributed by atoms with Gasteiger partial charge in [-0.1, -0.05) is 25.0 Å². The molecule has 1 aliphatic rings. The Morgan fingerprint density at radius 2 is 2.21 bits per heavy atom. The Balaban J connectivity index is 1.95. The van der Waals surface area contributed by atoms with Crippen molar-refractivity contribution in [2.45, 2.75) is 38.0 Å². The summed E-state index contributed by atoms with van der Waals surface area (Å²) in [5, 5.41) is 13.7. The summed E-state index contributed by atoms with van der Waals surface area (Å²) in [6.07, 6.45) is 5.57. The predicted molar refractivity (Wildman–Crippen MR) is 93.1 cm³/mol. The first-order valence-corrected chi connectivity index (χ1v) is 8.47. The molecule has 1 fully saturated rings. The molecule has 3 unspecified atom stereocenters. The summed E-state index contributed by atoms with van der Waals surface area (Å²) in [6.45, 7) is 6.97. The molecule has 3 atom stereocenters. The minimum Gasteiger partial charge on any atom is -0.389 e. The van der Waals surface area contributed by atoms with Gasteiger partial charge in [-0.05, 0) is 31.0 Å². The highest BCUT2D eigenvalue weighted by Crippen LogP contribution is 2.23. The van der Waals surface area contributed by atoms with Gasteiger partial charge in [0.2, 0.25) is 0 Å². The Kier molecular flexibility index (Phi) is 6.76. The summed E-state index contributed by atoms with van der Waals surface area (Å²) in [5.41, 5.74) is 0.402. The van der Waals surface area contributed by atoms with Crippen molar-refractivity contribution in [1.82, 2.24) is 10.2 Å². The maximum atomic E-state index is 13.1. The highest BCUT2D eigenvalue weighted by Gasteiger charge is 2.27. The lowest BCUT2D eigenvalue weighted by Crippen LogP contribution is -2.49. The highest BCUT2D eigenvalue weighted by molar-refractivity contribution is 5.21. The van der Waals surface area contributed by atoms with Crippen LogP contribution in [0.4, 0.5) is 4.39 Å². The highest BCUT2D eigenvalue weighted by atomic mass is 19.1. The van der Waals surface area contributed by atoms with Gasteiger partial charge < -0.3 is 15.2 Å². The van der Waals surface area contributed by atoms with E-state index < -0.39 is 11.7 Å². The van der Waals surface area contributed by atoms with Gasteiger partial charge in [0, 0.05) is 32.2 Å². The average Bonchev–Trinajstić information content (AvgIpc) is 2.61. The lowest BCUT2D eigenvalue weighted by molar-refractivity contribution is -0.0518. The van der Waals surface area contributed by atoms with Crippen LogP contribution in [0, 0.1) is 18.2 Å². The standard InChI is InChI=1S/C19H27FN2O2/c1-4-19(3,5-2)24-14-17(23)13-22-11-10-21-12-18(22)15-6-8-16(20)9-7-15/h1,6-9,17-18,21,23H,5,10-14H2,2-3H3. The fourth-order valence-corrected chi connectivity index (χ4v) is 2.83. The van der Waals surface area contributed by atoms with Crippen LogP contribution < -0.4 is 5.32 Å². The smallest absolute Gasteiger partial charge is 0.125 e. The van der Waals surface area contributed by atoms with E-state index >= 15 is 0 Å². The van der Waals surface area contributed by atoms with Crippen molar-refractivity contribution in [3.8, 4) is 12.3 Å². The van der Waals surface area contributed by atoms with E-state index in [2.05, 4.69) is 16.1 Å². The monoisotopic (exact) mass is 334 g/mol. The molecule has 0 amide bonds. The SMILES string of the molecule is C#CC(C)(CC)OCC(O)CN1CCNCC1c1ccc(F)cc1. The van der Waals surface area contributed by atoms with Crippen molar-refractivity contribution in [3.63, 3.8) is 0 Å². The Morgan fingerprint density at radius 3 is 2.83 bits per heavy atom. The van der Waals surface area contributed by atoms with Crippen LogP contribution in [0.3, 0.4) is 0 Å². The molecule has 24 heavy (non-hydrogen) atoms. The molecule has 0 saturated carbocycles. The predicted octanol–water partition coefficient (Wildman–Crippen LogP) is 1.95. The van der Waals surface area contributed by atoms with Crippen molar-refractivity contribution in [3.05, 3.63) is 35.6 Å². The number of rotatable bonds is 7. The van der Waals surface area contributed by atoms with E-state index in [1.165, 1.54) is 12.1 Å². The number of nitrogens with one attached hydrogen (secondary N) is 1. The van der Waals surface area contributed by atoms with Crippen LogP contribution in [0.1, 0.15) is 31.9 Å². The van der Waals surface area contributed by atoms with E-state index in [1.54, 1.807) is 12.1 Å². The number of hydrogen-bond acceptors (Lipinski definition) is 4. The molecule has 1 heterocycles. The van der Waals surface area contributed by atoms with Crippen LogP contribution in [0.2, 0.25) is 0 Å². The molecule has 1 aromatic carbocycles. The molecule has 0 bridgehead atoms. The number of ether oxygens (including phenoxy) is 1. The molecule has 132 valence electrons. The zero-order valence-corrected chi connectivity index (χ0v) is 14.5. The van der Waals surface area contributed by atoms with Gasteiger partial charge in [-0.25, -0.2) is 4.39 Å². The molecule has 1 saturated heterocycles. The quantitative estimate of drug-likeness (QED) is 0.748. The second kappa shape index (κ2) is 8.59. The lowest BCUT2D eigenvalue weighted by atomic mass is 10.0. The van der Waals surface area contributed by atoms with Gasteiger partial charge in [-0.15, -0.1) is 6.42 Å². The first kappa shape index (κ1) is 18.9. The number of piperazine rings is 1. The van der Waals surface area contributed by atoms with Crippen LogP contribution in [-0.4, -0.2) is 54.5 Å². The zero-order chi connectivity index (χ0) is 17.6. The Labute approximate surface area is 144 Å². The van der Waals surface area contributed by atoms with Crippen molar-refractivity contribution in [2.24, 2.45) is 0 Å². The molecule has 0 aromatic heterocycles. The number of aliphatic hydroxyl groups excluding tert-OH is 1. The molecule has 1 aliphatic heterocycles. The summed E-state index contributed by atoms with van der Waals surface area (Å²) in [6, 6.07) is 6.66. The summed E-state index contributed by atoms with van der Waals surface area (Å²) in [5.74, 6) is 2.39. The third kappa shape index (κ3) is 5.02. The normalized spacial score (nSPS) is 22.5. The van der Waals surface area contributed by atoms with Crippen molar-refractivity contribution in [2.75, 3.05) is 32.8 Å². The topological polar surface area (TPSA) is 44.7 Å². The van der Waals surface area contributed by atoms with Gasteiger partial charge in [-0.3, -0.25) is 4.90 Å². The molecule has 0 radical (unpaired) electrons.